The van der Waals surface area contributed by atoms with Gasteiger partial charge in [0.25, 0.3) is 0 Å². The molecule has 9 rings (SSSR count). The van der Waals surface area contributed by atoms with E-state index >= 15 is 0 Å². The Hall–Kier alpha value is -1.56. The number of fused-ring (bicyclic) bond motifs is 7. The van der Waals surface area contributed by atoms with Gasteiger partial charge in [0, 0.05) is 18.8 Å². The average Bonchev–Trinajstić information content (AvgIpc) is 3.86. The van der Waals surface area contributed by atoms with Crippen molar-refractivity contribution in [2.24, 2.45) is 40.4 Å². The summed E-state index contributed by atoms with van der Waals surface area (Å²) in [6, 6.07) is 0. The first-order valence-electron chi connectivity index (χ1n) is 26.6. The molecule has 0 aromatic heterocycles. The summed E-state index contributed by atoms with van der Waals surface area (Å²) in [6.07, 6.45) is -21.5. The normalized spacial score (nSPS) is 52.4. The first-order chi connectivity index (χ1) is 34.6. The zero-order valence-electron chi connectivity index (χ0n) is 42.1. The minimum Gasteiger partial charge on any atom is -0.494 e. The second-order valence-corrected chi connectivity index (χ2v) is 23.4. The lowest BCUT2D eigenvalue weighted by Gasteiger charge is -2.58. The van der Waals surface area contributed by atoms with Gasteiger partial charge in [-0.05, 0) is 98.4 Å². The predicted octanol–water partition coefficient (Wildman–Crippen LogP) is -2.67. The number of allylic oxidation sites excluding steroid dienone is 2. The van der Waals surface area contributed by atoms with E-state index in [1.54, 1.807) is 0 Å². The van der Waals surface area contributed by atoms with Crippen molar-refractivity contribution in [2.75, 3.05) is 26.4 Å². The van der Waals surface area contributed by atoms with Crippen LogP contribution in [-0.4, -0.2) is 233 Å². The fraction of sp³-hybridized carbons (Fsp3) is 0.922. The molecule has 0 unspecified atom stereocenters. The highest BCUT2D eigenvalue weighted by atomic mass is 16.8. The predicted molar refractivity (Wildman–Crippen MR) is 249 cm³/mol. The maximum Gasteiger partial charge on any atom is 0.187 e. The van der Waals surface area contributed by atoms with E-state index in [1.807, 2.05) is 6.92 Å². The second kappa shape index (κ2) is 22.3. The van der Waals surface area contributed by atoms with Gasteiger partial charge in [0.2, 0.25) is 0 Å². The molecule has 4 aliphatic heterocycles. The van der Waals surface area contributed by atoms with Crippen LogP contribution in [0, 0.1) is 40.4 Å². The number of hydrogen-bond donors (Lipinski definition) is 14. The summed E-state index contributed by atoms with van der Waals surface area (Å²) in [7, 11) is 0. The highest BCUT2D eigenvalue weighted by molar-refractivity contribution is 5.30. The van der Waals surface area contributed by atoms with E-state index in [4.69, 9.17) is 37.9 Å². The number of aliphatic hydroxyl groups excluding tert-OH is 14. The van der Waals surface area contributed by atoms with Gasteiger partial charge in [-0.2, -0.15) is 0 Å². The van der Waals surface area contributed by atoms with Crippen LogP contribution >= 0.6 is 0 Å². The van der Waals surface area contributed by atoms with E-state index in [0.29, 0.717) is 36.5 Å². The summed E-state index contributed by atoms with van der Waals surface area (Å²) < 4.78 is 48.9. The Bertz CT molecular complexity index is 1940. The maximum absolute atomic E-state index is 12.0. The van der Waals surface area contributed by atoms with Gasteiger partial charge < -0.3 is 109 Å². The van der Waals surface area contributed by atoms with E-state index < -0.39 is 149 Å². The molecule has 0 aromatic rings. The number of ether oxygens (including phenoxy) is 8. The van der Waals surface area contributed by atoms with Gasteiger partial charge in [-0.25, -0.2) is 0 Å². The molecular weight excluding hydrogens is 965 g/mol. The molecule has 22 nitrogen and oxygen atoms in total. The highest BCUT2D eigenvalue weighted by Gasteiger charge is 2.64. The molecule has 0 amide bonds. The zero-order chi connectivity index (χ0) is 52.6. The third-order valence-electron chi connectivity index (χ3n) is 19.1. The van der Waals surface area contributed by atoms with Crippen LogP contribution in [0.5, 0.6) is 0 Å². The summed E-state index contributed by atoms with van der Waals surface area (Å²) in [5.41, 5.74) is 2.51. The molecule has 7 fully saturated rings. The van der Waals surface area contributed by atoms with Gasteiger partial charge in [0.15, 0.2) is 18.9 Å². The van der Waals surface area contributed by atoms with Gasteiger partial charge in [-0.15, -0.1) is 0 Å². The molecule has 0 spiro atoms. The van der Waals surface area contributed by atoms with Crippen LogP contribution in [0.3, 0.4) is 0 Å². The van der Waals surface area contributed by atoms with Crippen LogP contribution in [0.1, 0.15) is 91.9 Å². The summed E-state index contributed by atoms with van der Waals surface area (Å²) >= 11 is 0. The van der Waals surface area contributed by atoms with Crippen molar-refractivity contribution in [1.82, 2.24) is 0 Å². The van der Waals surface area contributed by atoms with Gasteiger partial charge in [-0.1, -0.05) is 32.4 Å². The van der Waals surface area contributed by atoms with E-state index in [9.17, 15) is 71.5 Å². The highest BCUT2D eigenvalue weighted by Crippen LogP contribution is 2.69. The van der Waals surface area contributed by atoms with E-state index in [2.05, 4.69) is 26.8 Å². The fourth-order valence-corrected chi connectivity index (χ4v) is 14.7. The first kappa shape index (κ1) is 56.2. The Morgan fingerprint density at radius 3 is 1.95 bits per heavy atom. The largest absolute Gasteiger partial charge is 0.494 e. The lowest BCUT2D eigenvalue weighted by Crippen LogP contribution is -2.66. The summed E-state index contributed by atoms with van der Waals surface area (Å²) in [6.45, 7) is 7.30. The number of aliphatic hydroxyl groups is 14. The Morgan fingerprint density at radius 1 is 0.644 bits per heavy atom. The van der Waals surface area contributed by atoms with Gasteiger partial charge >= 0.3 is 0 Å². The SMILES string of the molecule is CC1=C(CC[C@H](C)CO[C@@H]2O[C@H](CO)[C@@H](O)[C@H](O)[C@H]2O)O[C@H]2C[C@H]3[C@@H]4CC=C5C[C@@H](O[C@@H]6O[C@H](CO)[C@H](O[C@@H]7O[C@H](CO)[C@@H](O)[C@H](O)[C@H]7O)[C@H](O)[C@H]6O[C@@H]6C[C@@H](O)[C@H](O)[C@@H](O)[C@H]6O)CC[C@]5(C)[C@H]4CC[C@]3(C)[C@@H]12. The Kier molecular flexibility index (Phi) is 17.2. The van der Waals surface area contributed by atoms with Crippen molar-refractivity contribution in [3.63, 3.8) is 0 Å². The summed E-state index contributed by atoms with van der Waals surface area (Å²) in [4.78, 5) is 0. The molecule has 4 saturated carbocycles. The summed E-state index contributed by atoms with van der Waals surface area (Å²) in [5.74, 6) is 2.70. The van der Waals surface area contributed by atoms with Crippen molar-refractivity contribution in [3.8, 4) is 0 Å². The lowest BCUT2D eigenvalue weighted by molar-refractivity contribution is -0.373. The van der Waals surface area contributed by atoms with Gasteiger partial charge in [0.05, 0.1) is 50.5 Å². The van der Waals surface area contributed by atoms with E-state index in [-0.39, 0.29) is 35.9 Å². The molecule has 9 aliphatic rings. The molecule has 14 N–H and O–H groups in total. The van der Waals surface area contributed by atoms with Crippen LogP contribution in [0.25, 0.3) is 0 Å². The van der Waals surface area contributed by atoms with Crippen molar-refractivity contribution >= 4 is 0 Å². The molecule has 418 valence electrons. The topological polar surface area (TPSA) is 357 Å². The summed E-state index contributed by atoms with van der Waals surface area (Å²) in [5, 5.41) is 147. The molecule has 22 heteroatoms. The maximum atomic E-state index is 12.0. The van der Waals surface area contributed by atoms with Crippen LogP contribution < -0.4 is 0 Å². The molecule has 29 atom stereocenters. The van der Waals surface area contributed by atoms with Crippen molar-refractivity contribution in [1.29, 1.82) is 0 Å². The number of rotatable bonds is 15. The van der Waals surface area contributed by atoms with Crippen LogP contribution in [0.15, 0.2) is 23.0 Å². The van der Waals surface area contributed by atoms with Crippen molar-refractivity contribution < 1.29 is 109 Å². The number of hydrogen-bond acceptors (Lipinski definition) is 22. The molecule has 0 radical (unpaired) electrons. The van der Waals surface area contributed by atoms with Crippen LogP contribution in [0.4, 0.5) is 0 Å². The molecule has 3 saturated heterocycles. The lowest BCUT2D eigenvalue weighted by atomic mass is 9.47. The van der Waals surface area contributed by atoms with E-state index in [0.717, 1.165) is 50.7 Å². The Labute approximate surface area is 425 Å². The molecule has 0 aromatic carbocycles. The van der Waals surface area contributed by atoms with Crippen LogP contribution in [0.2, 0.25) is 0 Å². The average molecular weight is 1050 g/mol. The molecule has 5 aliphatic carbocycles. The standard InChI is InChI=1S/C51H82O22/c1-20(19-66-47-42(63)40(61)37(58)31(16-52)70-47)5-8-28-21(2)34-29(68-28)14-26-24-7-6-22-13-23(9-11-50(22,3)25(24)10-12-51(26,34)4)67-49-46(69-30-15-27(55)35(56)39(60)36(30)57)44(65)45(33(18-54)72-49)73-48-43(64)41(62)38(59)32(17-53)71-48/h6,20,23-27,29-49,52-65H,5,7-19H2,1-4H3/t20-,23-,24+,25-,26-,27+,29-,30+,31+,32+,33+,34-,35-,36-,37+,38+,39+,40-,41-,42+,43+,44-,45-,46+,47+,48-,49+,50-,51-/m0/s1. The van der Waals surface area contributed by atoms with Gasteiger partial charge in [-0.3, -0.25) is 0 Å². The third kappa shape index (κ3) is 10.2. The van der Waals surface area contributed by atoms with Crippen molar-refractivity contribution in [3.05, 3.63) is 23.0 Å². The van der Waals surface area contributed by atoms with Crippen molar-refractivity contribution in [2.45, 2.75) is 227 Å². The minimum absolute atomic E-state index is 0.0510. The molecule has 0 bridgehead atoms. The third-order valence-corrected chi connectivity index (χ3v) is 19.1. The second-order valence-electron chi connectivity index (χ2n) is 23.4. The fourth-order valence-electron chi connectivity index (χ4n) is 14.7. The molecule has 4 heterocycles. The Balaban J connectivity index is 0.852. The van der Waals surface area contributed by atoms with E-state index in [1.165, 1.54) is 11.1 Å². The first-order valence-corrected chi connectivity index (χ1v) is 26.6. The quantitative estimate of drug-likeness (QED) is 0.0744. The van der Waals surface area contributed by atoms with Crippen LogP contribution in [-0.2, 0) is 37.9 Å². The zero-order valence-corrected chi connectivity index (χ0v) is 42.1. The van der Waals surface area contributed by atoms with Gasteiger partial charge in [0.1, 0.15) is 97.7 Å². The molecular formula is C51H82O22. The monoisotopic (exact) mass is 1050 g/mol. The molecule has 73 heavy (non-hydrogen) atoms. The Morgan fingerprint density at radius 2 is 1.27 bits per heavy atom. The minimum atomic E-state index is -1.85. The smallest absolute Gasteiger partial charge is 0.187 e.